The van der Waals surface area contributed by atoms with E-state index in [2.05, 4.69) is 6.92 Å². The highest BCUT2D eigenvalue weighted by molar-refractivity contribution is 5.94. The fraction of sp³-hybridized carbons (Fsp3) is 0.700. The molecule has 0 spiro atoms. The molecule has 2 N–H and O–H groups in total. The predicted octanol–water partition coefficient (Wildman–Crippen LogP) is 2.00. The van der Waals surface area contributed by atoms with Crippen LogP contribution in [0.15, 0.2) is 11.3 Å². The summed E-state index contributed by atoms with van der Waals surface area (Å²) in [5.41, 5.74) is 7.54. The van der Waals surface area contributed by atoms with Crippen LogP contribution in [0.4, 0.5) is 0 Å². The van der Waals surface area contributed by atoms with E-state index in [0.717, 1.165) is 37.0 Å². The van der Waals surface area contributed by atoms with Crippen LogP contribution in [-0.4, -0.2) is 5.78 Å². The molecule has 0 saturated heterocycles. The lowest BCUT2D eigenvalue weighted by Crippen LogP contribution is -2.20. The highest BCUT2D eigenvalue weighted by atomic mass is 16.1. The molecule has 1 atom stereocenters. The van der Waals surface area contributed by atoms with Crippen molar-refractivity contribution in [2.45, 2.75) is 39.5 Å². The Kier molecular flexibility index (Phi) is 2.90. The number of rotatable bonds is 2. The summed E-state index contributed by atoms with van der Waals surface area (Å²) in [7, 11) is 0. The van der Waals surface area contributed by atoms with Gasteiger partial charge in [0.15, 0.2) is 5.78 Å². The van der Waals surface area contributed by atoms with Gasteiger partial charge in [-0.05, 0) is 38.5 Å². The van der Waals surface area contributed by atoms with Crippen molar-refractivity contribution in [3.05, 3.63) is 11.3 Å². The Morgan fingerprint density at radius 3 is 2.75 bits per heavy atom. The van der Waals surface area contributed by atoms with Crippen LogP contribution >= 0.6 is 0 Å². The van der Waals surface area contributed by atoms with E-state index in [-0.39, 0.29) is 5.78 Å². The van der Waals surface area contributed by atoms with Gasteiger partial charge in [-0.1, -0.05) is 6.92 Å². The Bertz CT molecular complexity index is 218. The Balaban J connectivity index is 2.91. The lowest BCUT2D eigenvalue weighted by Gasteiger charge is -2.24. The molecule has 0 aromatic rings. The number of carbonyl (C=O) groups is 1. The zero-order chi connectivity index (χ0) is 9.14. The van der Waals surface area contributed by atoms with Crippen molar-refractivity contribution in [2.75, 3.05) is 0 Å². The van der Waals surface area contributed by atoms with Gasteiger partial charge >= 0.3 is 0 Å². The minimum atomic E-state index is 0.166. The van der Waals surface area contributed by atoms with Gasteiger partial charge in [0.2, 0.25) is 0 Å². The molecule has 0 aromatic carbocycles. The second-order valence-electron chi connectivity index (χ2n) is 3.49. The van der Waals surface area contributed by atoms with E-state index in [1.807, 2.05) is 0 Å². The Labute approximate surface area is 73.8 Å². The number of carbonyl (C=O) groups excluding carboxylic acids is 1. The van der Waals surface area contributed by atoms with Crippen molar-refractivity contribution in [1.82, 2.24) is 0 Å². The average Bonchev–Trinajstić information content (AvgIpc) is 2.03. The normalized spacial score (nSPS) is 24.3. The van der Waals surface area contributed by atoms with E-state index in [1.54, 1.807) is 6.92 Å². The van der Waals surface area contributed by atoms with Crippen LogP contribution in [0.2, 0.25) is 0 Å². The molecule has 0 bridgehead atoms. The molecule has 0 radical (unpaired) electrons. The zero-order valence-corrected chi connectivity index (χ0v) is 7.89. The van der Waals surface area contributed by atoms with Crippen LogP contribution in [-0.2, 0) is 4.79 Å². The Hall–Kier alpha value is -0.790. The largest absolute Gasteiger partial charge is 0.402 e. The molecule has 68 valence electrons. The van der Waals surface area contributed by atoms with Gasteiger partial charge in [0.1, 0.15) is 0 Å². The molecule has 1 aliphatic rings. The number of allylic oxidation sites excluding steroid dienone is 2. The number of hydrogen-bond acceptors (Lipinski definition) is 2. The van der Waals surface area contributed by atoms with Crippen LogP contribution < -0.4 is 5.73 Å². The summed E-state index contributed by atoms with van der Waals surface area (Å²) in [6.07, 6.45) is 4.22. The maximum absolute atomic E-state index is 11.2. The lowest BCUT2D eigenvalue weighted by atomic mass is 9.82. The first-order chi connectivity index (χ1) is 5.66. The first-order valence-electron chi connectivity index (χ1n) is 4.66. The smallest absolute Gasteiger partial charge is 0.157 e. The van der Waals surface area contributed by atoms with Crippen LogP contribution in [0.5, 0.6) is 0 Å². The van der Waals surface area contributed by atoms with Crippen molar-refractivity contribution in [3.8, 4) is 0 Å². The van der Waals surface area contributed by atoms with E-state index in [4.69, 9.17) is 5.73 Å². The third-order valence-electron chi connectivity index (χ3n) is 2.62. The van der Waals surface area contributed by atoms with Crippen LogP contribution in [0.25, 0.3) is 0 Å². The molecule has 2 nitrogen and oxygen atoms in total. The molecular formula is C10H17NO. The second kappa shape index (κ2) is 3.74. The summed E-state index contributed by atoms with van der Waals surface area (Å²) in [4.78, 5) is 11.2. The van der Waals surface area contributed by atoms with E-state index in [1.165, 1.54) is 0 Å². The van der Waals surface area contributed by atoms with Gasteiger partial charge in [-0.15, -0.1) is 0 Å². The molecule has 0 aromatic heterocycles. The molecule has 0 unspecified atom stereocenters. The summed E-state index contributed by atoms with van der Waals surface area (Å²) in [5.74, 6) is 0.593. The van der Waals surface area contributed by atoms with Crippen molar-refractivity contribution in [3.63, 3.8) is 0 Å². The Morgan fingerprint density at radius 2 is 2.33 bits per heavy atom. The van der Waals surface area contributed by atoms with Gasteiger partial charge in [-0.25, -0.2) is 0 Å². The Morgan fingerprint density at radius 1 is 1.67 bits per heavy atom. The molecule has 0 fully saturated rings. The standard InChI is InChI=1S/C10H17NO/c1-3-8-5-4-6-9(11)10(8)7(2)12/h8H,3-6,11H2,1-2H3/t8-/m0/s1. The summed E-state index contributed by atoms with van der Waals surface area (Å²) in [5, 5.41) is 0. The highest BCUT2D eigenvalue weighted by Crippen LogP contribution is 2.30. The van der Waals surface area contributed by atoms with Gasteiger partial charge in [-0.3, -0.25) is 4.79 Å². The van der Waals surface area contributed by atoms with Crippen LogP contribution in [0.3, 0.4) is 0 Å². The first kappa shape index (κ1) is 9.30. The molecule has 0 amide bonds. The van der Waals surface area contributed by atoms with Crippen molar-refractivity contribution < 1.29 is 4.79 Å². The van der Waals surface area contributed by atoms with Crippen molar-refractivity contribution in [2.24, 2.45) is 11.7 Å². The van der Waals surface area contributed by atoms with E-state index >= 15 is 0 Å². The summed E-state index contributed by atoms with van der Waals surface area (Å²) in [6, 6.07) is 0. The minimum absolute atomic E-state index is 0.166. The SMILES string of the molecule is CC[C@H]1CCCC(N)=C1C(C)=O. The molecule has 0 aliphatic heterocycles. The molecule has 0 heterocycles. The number of hydrogen-bond donors (Lipinski definition) is 1. The summed E-state index contributed by atoms with van der Waals surface area (Å²) >= 11 is 0. The maximum Gasteiger partial charge on any atom is 0.157 e. The highest BCUT2D eigenvalue weighted by Gasteiger charge is 2.22. The third-order valence-corrected chi connectivity index (χ3v) is 2.62. The minimum Gasteiger partial charge on any atom is -0.402 e. The summed E-state index contributed by atoms with van der Waals surface area (Å²) < 4.78 is 0. The van der Waals surface area contributed by atoms with E-state index in [9.17, 15) is 4.79 Å². The van der Waals surface area contributed by atoms with Crippen molar-refractivity contribution >= 4 is 5.78 Å². The van der Waals surface area contributed by atoms with Gasteiger partial charge in [-0.2, -0.15) is 0 Å². The van der Waals surface area contributed by atoms with Gasteiger partial charge in [0, 0.05) is 11.3 Å². The van der Waals surface area contributed by atoms with Gasteiger partial charge in [0.25, 0.3) is 0 Å². The number of ketones is 1. The van der Waals surface area contributed by atoms with Crippen molar-refractivity contribution in [1.29, 1.82) is 0 Å². The number of Topliss-reactive ketones (excluding diaryl/α,β-unsaturated/α-hetero) is 1. The molecule has 1 aliphatic carbocycles. The van der Waals surface area contributed by atoms with Crippen LogP contribution in [0, 0.1) is 5.92 Å². The van der Waals surface area contributed by atoms with E-state index in [0.29, 0.717) is 5.92 Å². The molecular weight excluding hydrogens is 150 g/mol. The second-order valence-corrected chi connectivity index (χ2v) is 3.49. The molecule has 0 saturated carbocycles. The molecule has 2 heteroatoms. The number of nitrogens with two attached hydrogens (primary N) is 1. The van der Waals surface area contributed by atoms with Crippen LogP contribution in [0.1, 0.15) is 39.5 Å². The lowest BCUT2D eigenvalue weighted by molar-refractivity contribution is -0.114. The maximum atomic E-state index is 11.2. The quantitative estimate of drug-likeness (QED) is 0.683. The topological polar surface area (TPSA) is 43.1 Å². The summed E-state index contributed by atoms with van der Waals surface area (Å²) in [6.45, 7) is 3.74. The van der Waals surface area contributed by atoms with Gasteiger partial charge in [0.05, 0.1) is 0 Å². The molecule has 1 rings (SSSR count). The predicted molar refractivity (Wildman–Crippen MR) is 49.5 cm³/mol. The zero-order valence-electron chi connectivity index (χ0n) is 7.89. The van der Waals surface area contributed by atoms with Gasteiger partial charge < -0.3 is 5.73 Å². The monoisotopic (exact) mass is 167 g/mol. The average molecular weight is 167 g/mol. The first-order valence-corrected chi connectivity index (χ1v) is 4.66. The third kappa shape index (κ3) is 1.68. The fourth-order valence-electron chi connectivity index (χ4n) is 2.00. The van der Waals surface area contributed by atoms with E-state index < -0.39 is 0 Å². The fourth-order valence-corrected chi connectivity index (χ4v) is 2.00. The molecule has 12 heavy (non-hydrogen) atoms.